The van der Waals surface area contributed by atoms with Crippen LogP contribution >= 0.6 is 11.3 Å². The molecule has 31 heavy (non-hydrogen) atoms. The first-order chi connectivity index (χ1) is 14.8. The molecule has 2 heterocycles. The Morgan fingerprint density at radius 3 is 2.65 bits per heavy atom. The number of alkyl halides is 3. The summed E-state index contributed by atoms with van der Waals surface area (Å²) in [6.45, 7) is 0.189. The lowest BCUT2D eigenvalue weighted by Crippen LogP contribution is -2.31. The summed E-state index contributed by atoms with van der Waals surface area (Å²) < 4.78 is 38.0. The van der Waals surface area contributed by atoms with Crippen molar-refractivity contribution in [2.45, 2.75) is 25.2 Å². The highest BCUT2D eigenvalue weighted by Gasteiger charge is 2.29. The van der Waals surface area contributed by atoms with Crippen LogP contribution in [0.1, 0.15) is 16.8 Å². The first-order valence-electron chi connectivity index (χ1n) is 9.53. The van der Waals surface area contributed by atoms with Crippen LogP contribution in [0.15, 0.2) is 48.7 Å². The predicted octanol–water partition coefficient (Wildman–Crippen LogP) is 4.18. The van der Waals surface area contributed by atoms with Crippen molar-refractivity contribution in [3.05, 3.63) is 65.5 Å². The summed E-state index contributed by atoms with van der Waals surface area (Å²) in [7, 11) is 0. The van der Waals surface area contributed by atoms with Crippen molar-refractivity contribution in [2.75, 3.05) is 11.9 Å². The summed E-state index contributed by atoms with van der Waals surface area (Å²) in [5.74, 6) is 0. The highest BCUT2D eigenvalue weighted by molar-refractivity contribution is 7.19. The molecule has 0 saturated carbocycles. The van der Waals surface area contributed by atoms with Crippen LogP contribution in [0.5, 0.6) is 0 Å². The molecule has 0 unspecified atom stereocenters. The van der Waals surface area contributed by atoms with E-state index in [-0.39, 0.29) is 12.6 Å². The van der Waals surface area contributed by atoms with E-state index >= 15 is 0 Å². The second kappa shape index (κ2) is 8.66. The zero-order valence-electron chi connectivity index (χ0n) is 16.3. The van der Waals surface area contributed by atoms with Crippen LogP contribution in [0.4, 0.5) is 18.3 Å². The number of thiazole rings is 1. The fourth-order valence-corrected chi connectivity index (χ4v) is 4.24. The Morgan fingerprint density at radius 2 is 1.94 bits per heavy atom. The maximum Gasteiger partial charge on any atom is 0.416 e. The zero-order valence-corrected chi connectivity index (χ0v) is 17.1. The van der Waals surface area contributed by atoms with E-state index < -0.39 is 11.7 Å². The number of hydrogen-bond donors (Lipinski definition) is 4. The molecule has 6 nitrogen and oxygen atoms in total. The van der Waals surface area contributed by atoms with Gasteiger partial charge in [-0.3, -0.25) is 5.10 Å². The van der Waals surface area contributed by atoms with E-state index in [1.54, 1.807) is 6.20 Å². The minimum Gasteiger partial charge on any atom is -0.390 e. The van der Waals surface area contributed by atoms with Gasteiger partial charge in [0, 0.05) is 18.0 Å². The molecule has 5 N–H and O–H groups in total. The lowest BCUT2D eigenvalue weighted by atomic mass is 10.0. The predicted molar refractivity (Wildman–Crippen MR) is 115 cm³/mol. The van der Waals surface area contributed by atoms with Crippen LogP contribution in [0.3, 0.4) is 0 Å². The molecular formula is C21H20F3N5OS. The minimum absolute atomic E-state index is 0.200. The van der Waals surface area contributed by atoms with E-state index in [0.717, 1.165) is 39.0 Å². The quantitative estimate of drug-likeness (QED) is 0.341. The largest absolute Gasteiger partial charge is 0.416 e. The summed E-state index contributed by atoms with van der Waals surface area (Å²) in [5.41, 5.74) is 8.61. The average Bonchev–Trinajstić information content (AvgIpc) is 3.38. The van der Waals surface area contributed by atoms with Crippen molar-refractivity contribution >= 4 is 27.4 Å². The topological polar surface area (TPSA) is 99.9 Å². The molecule has 0 aliphatic rings. The van der Waals surface area contributed by atoms with Gasteiger partial charge in [0.1, 0.15) is 0 Å². The molecule has 0 aliphatic heterocycles. The molecule has 2 aromatic heterocycles. The molecule has 0 fully saturated rings. The third-order valence-electron chi connectivity index (χ3n) is 4.84. The van der Waals surface area contributed by atoms with Crippen LogP contribution < -0.4 is 11.1 Å². The van der Waals surface area contributed by atoms with Crippen molar-refractivity contribution in [1.82, 2.24) is 15.2 Å². The number of fused-ring (bicyclic) bond motifs is 1. The molecule has 2 aromatic carbocycles. The first-order valence-corrected chi connectivity index (χ1v) is 10.3. The Labute approximate surface area is 179 Å². The fraction of sp³-hybridized carbons (Fsp3) is 0.238. The summed E-state index contributed by atoms with van der Waals surface area (Å²) in [4.78, 5) is 5.30. The molecular weight excluding hydrogens is 427 g/mol. The van der Waals surface area contributed by atoms with Crippen molar-refractivity contribution in [1.29, 1.82) is 0 Å². The SMILES string of the molecule is N[C@H](CNc1nc(CO)c(-c2ccc3[nH]ncc3c2)s1)Cc1ccc(C(F)(F)F)cc1. The van der Waals surface area contributed by atoms with E-state index in [0.29, 0.717) is 23.8 Å². The number of benzene rings is 2. The molecule has 0 bridgehead atoms. The number of rotatable bonds is 7. The summed E-state index contributed by atoms with van der Waals surface area (Å²) in [6, 6.07) is 10.5. The van der Waals surface area contributed by atoms with Crippen molar-refractivity contribution in [2.24, 2.45) is 5.73 Å². The molecule has 4 rings (SSSR count). The minimum atomic E-state index is -4.35. The van der Waals surface area contributed by atoms with Crippen LogP contribution in [0.2, 0.25) is 0 Å². The molecule has 1 atom stereocenters. The number of nitrogens with one attached hydrogen (secondary N) is 2. The van der Waals surface area contributed by atoms with Crippen LogP contribution in [0.25, 0.3) is 21.3 Å². The number of H-pyrrole nitrogens is 1. The number of nitrogens with zero attached hydrogens (tertiary/aromatic N) is 2. The molecule has 162 valence electrons. The number of aliphatic hydroxyl groups excluding tert-OH is 1. The highest BCUT2D eigenvalue weighted by Crippen LogP contribution is 2.34. The number of aromatic nitrogens is 3. The normalized spacial score (nSPS) is 12.9. The molecule has 0 aliphatic carbocycles. The van der Waals surface area contributed by atoms with Gasteiger partial charge >= 0.3 is 6.18 Å². The van der Waals surface area contributed by atoms with Gasteiger partial charge in [-0.15, -0.1) is 0 Å². The van der Waals surface area contributed by atoms with Gasteiger partial charge in [-0.2, -0.15) is 18.3 Å². The number of aliphatic hydroxyl groups is 1. The Balaban J connectivity index is 1.41. The number of aromatic amines is 1. The van der Waals surface area contributed by atoms with Crippen LogP contribution in [-0.2, 0) is 19.2 Å². The maximum atomic E-state index is 12.7. The molecule has 0 saturated heterocycles. The van der Waals surface area contributed by atoms with Gasteiger partial charge in [0.15, 0.2) is 5.13 Å². The lowest BCUT2D eigenvalue weighted by Gasteiger charge is -2.13. The molecule has 4 aromatic rings. The van der Waals surface area contributed by atoms with Crippen molar-refractivity contribution in [3.8, 4) is 10.4 Å². The van der Waals surface area contributed by atoms with E-state index in [2.05, 4.69) is 20.5 Å². The van der Waals surface area contributed by atoms with Crippen molar-refractivity contribution in [3.63, 3.8) is 0 Å². The Kier molecular flexibility index (Phi) is 5.94. The molecule has 0 amide bonds. The summed E-state index contributed by atoms with van der Waals surface area (Å²) in [6.07, 6.45) is -2.19. The van der Waals surface area contributed by atoms with Gasteiger partial charge in [0.2, 0.25) is 0 Å². The van der Waals surface area contributed by atoms with Gasteiger partial charge < -0.3 is 16.2 Å². The highest BCUT2D eigenvalue weighted by atomic mass is 32.1. The fourth-order valence-electron chi connectivity index (χ4n) is 3.27. The summed E-state index contributed by atoms with van der Waals surface area (Å²) >= 11 is 1.41. The van der Waals surface area contributed by atoms with Gasteiger partial charge in [0.25, 0.3) is 0 Å². The summed E-state index contributed by atoms with van der Waals surface area (Å²) in [5, 5.41) is 21.4. The molecule has 0 spiro atoms. The van der Waals surface area contributed by atoms with Crippen LogP contribution in [0, 0.1) is 0 Å². The number of halogens is 3. The van der Waals surface area contributed by atoms with Crippen LogP contribution in [-0.4, -0.2) is 32.9 Å². The lowest BCUT2D eigenvalue weighted by molar-refractivity contribution is -0.137. The third kappa shape index (κ3) is 4.87. The molecule has 10 heteroatoms. The number of nitrogens with two attached hydrogens (primary N) is 1. The van der Waals surface area contributed by atoms with Gasteiger partial charge in [-0.25, -0.2) is 4.98 Å². The molecule has 0 radical (unpaired) electrons. The van der Waals surface area contributed by atoms with Gasteiger partial charge in [0.05, 0.1) is 34.5 Å². The first kappa shape index (κ1) is 21.3. The smallest absolute Gasteiger partial charge is 0.390 e. The number of hydrogen-bond acceptors (Lipinski definition) is 6. The monoisotopic (exact) mass is 447 g/mol. The Morgan fingerprint density at radius 1 is 1.16 bits per heavy atom. The standard InChI is InChI=1S/C21H20F3N5OS/c22-21(23,24)15-4-1-12(2-5-15)7-16(25)10-26-20-28-18(11-30)19(31-20)13-3-6-17-14(8-13)9-27-29-17/h1-6,8-9,16,30H,7,10-11,25H2,(H,26,28)(H,27,29)/t16-/m0/s1. The third-order valence-corrected chi connectivity index (χ3v) is 5.95. The van der Waals surface area contributed by atoms with Gasteiger partial charge in [-0.05, 0) is 41.8 Å². The van der Waals surface area contributed by atoms with E-state index in [4.69, 9.17) is 5.73 Å². The average molecular weight is 447 g/mol. The second-order valence-corrected chi connectivity index (χ2v) is 8.16. The van der Waals surface area contributed by atoms with E-state index in [9.17, 15) is 18.3 Å². The van der Waals surface area contributed by atoms with E-state index in [1.807, 2.05) is 18.2 Å². The van der Waals surface area contributed by atoms with E-state index in [1.165, 1.54) is 23.5 Å². The Bertz CT molecular complexity index is 1170. The Hall–Kier alpha value is -2.95. The number of anilines is 1. The second-order valence-electron chi connectivity index (χ2n) is 7.16. The van der Waals surface area contributed by atoms with Gasteiger partial charge in [-0.1, -0.05) is 29.5 Å². The maximum absolute atomic E-state index is 12.7. The van der Waals surface area contributed by atoms with Crippen molar-refractivity contribution < 1.29 is 18.3 Å². The zero-order chi connectivity index (χ0) is 22.0.